The largest absolute Gasteiger partial charge is 0.311 e. The minimum Gasteiger partial charge on any atom is -0.311 e. The monoisotopic (exact) mass is 255 g/mol. The highest BCUT2D eigenvalue weighted by Gasteiger charge is 2.26. The molecule has 2 unspecified atom stereocenters. The molecule has 0 amide bonds. The number of nitrogens with zero attached hydrogens (tertiary/aromatic N) is 2. The highest BCUT2D eigenvalue weighted by atomic mass is 15.2. The Morgan fingerprint density at radius 1 is 1.33 bits per heavy atom. The average molecular weight is 255 g/mol. The molecule has 3 nitrogen and oxygen atoms in total. The van der Waals surface area contributed by atoms with Gasteiger partial charge in [-0.25, -0.2) is 0 Å². The molecular formula is C15H33N3. The Bertz CT molecular complexity index is 232. The van der Waals surface area contributed by atoms with Crippen LogP contribution in [0.4, 0.5) is 0 Å². The molecule has 0 radical (unpaired) electrons. The van der Waals surface area contributed by atoms with E-state index < -0.39 is 0 Å². The zero-order chi connectivity index (χ0) is 13.8. The lowest BCUT2D eigenvalue weighted by atomic mass is 10.0. The number of likely N-dealkylation sites (tertiary alicyclic amines) is 1. The molecule has 1 rings (SSSR count). The van der Waals surface area contributed by atoms with Crippen LogP contribution >= 0.6 is 0 Å². The Kier molecular flexibility index (Phi) is 6.09. The molecular weight excluding hydrogens is 222 g/mol. The number of nitrogens with one attached hydrogen (secondary N) is 1. The van der Waals surface area contributed by atoms with Crippen molar-refractivity contribution in [2.24, 2.45) is 0 Å². The third kappa shape index (κ3) is 5.25. The number of hydrogen-bond donors (Lipinski definition) is 1. The minimum atomic E-state index is 0.226. The van der Waals surface area contributed by atoms with Crippen LogP contribution in [-0.2, 0) is 0 Å². The van der Waals surface area contributed by atoms with Crippen molar-refractivity contribution in [2.75, 3.05) is 33.7 Å². The number of hydrogen-bond acceptors (Lipinski definition) is 3. The molecule has 1 aliphatic heterocycles. The molecule has 0 aromatic rings. The van der Waals surface area contributed by atoms with Gasteiger partial charge in [-0.3, -0.25) is 4.90 Å². The molecule has 2 atom stereocenters. The lowest BCUT2D eigenvalue weighted by molar-refractivity contribution is 0.0901. The zero-order valence-electron chi connectivity index (χ0n) is 13.3. The van der Waals surface area contributed by atoms with Crippen molar-refractivity contribution < 1.29 is 0 Å². The third-order valence-electron chi connectivity index (χ3n) is 4.01. The fraction of sp³-hybridized carbons (Fsp3) is 1.00. The van der Waals surface area contributed by atoms with E-state index in [0.29, 0.717) is 6.04 Å². The number of likely N-dealkylation sites (N-methyl/N-ethyl adjacent to an activating group) is 1. The van der Waals surface area contributed by atoms with Gasteiger partial charge in [-0.2, -0.15) is 0 Å². The fourth-order valence-corrected chi connectivity index (χ4v) is 2.69. The van der Waals surface area contributed by atoms with Crippen molar-refractivity contribution in [2.45, 2.75) is 64.6 Å². The smallest absolute Gasteiger partial charge is 0.0218 e. The second kappa shape index (κ2) is 6.88. The highest BCUT2D eigenvalue weighted by molar-refractivity contribution is 4.84. The second-order valence-electron chi connectivity index (χ2n) is 6.95. The van der Waals surface area contributed by atoms with Gasteiger partial charge in [-0.05, 0) is 60.7 Å². The number of rotatable bonds is 5. The summed E-state index contributed by atoms with van der Waals surface area (Å²) in [7, 11) is 4.42. The summed E-state index contributed by atoms with van der Waals surface area (Å²) in [6.45, 7) is 12.7. The highest BCUT2D eigenvalue weighted by Crippen LogP contribution is 2.17. The Morgan fingerprint density at radius 2 is 2.00 bits per heavy atom. The first kappa shape index (κ1) is 15.9. The minimum absolute atomic E-state index is 0.226. The van der Waals surface area contributed by atoms with Gasteiger partial charge in [0.05, 0.1) is 0 Å². The maximum Gasteiger partial charge on any atom is 0.0218 e. The Labute approximate surface area is 114 Å². The van der Waals surface area contributed by atoms with Gasteiger partial charge in [-0.1, -0.05) is 6.92 Å². The van der Waals surface area contributed by atoms with Gasteiger partial charge >= 0.3 is 0 Å². The maximum absolute atomic E-state index is 3.66. The summed E-state index contributed by atoms with van der Waals surface area (Å²) >= 11 is 0. The van der Waals surface area contributed by atoms with E-state index in [1.807, 2.05) is 0 Å². The Morgan fingerprint density at radius 3 is 2.50 bits per heavy atom. The Balaban J connectivity index is 2.48. The van der Waals surface area contributed by atoms with E-state index in [0.717, 1.165) is 12.6 Å². The van der Waals surface area contributed by atoms with E-state index in [1.165, 1.54) is 32.4 Å². The van der Waals surface area contributed by atoms with E-state index in [1.54, 1.807) is 0 Å². The SMILES string of the molecule is CCC(CNC(C)(C)C)N1CCCC(N(C)C)C1. The van der Waals surface area contributed by atoms with Crippen LogP contribution in [0.15, 0.2) is 0 Å². The molecule has 1 fully saturated rings. The molecule has 0 aliphatic carbocycles. The molecule has 0 aromatic carbocycles. The van der Waals surface area contributed by atoms with Gasteiger partial charge in [0, 0.05) is 30.7 Å². The first-order valence-electron chi connectivity index (χ1n) is 7.49. The molecule has 1 heterocycles. The van der Waals surface area contributed by atoms with Crippen molar-refractivity contribution in [1.29, 1.82) is 0 Å². The molecule has 108 valence electrons. The van der Waals surface area contributed by atoms with Crippen molar-refractivity contribution in [1.82, 2.24) is 15.1 Å². The van der Waals surface area contributed by atoms with Crippen molar-refractivity contribution >= 4 is 0 Å². The summed E-state index contributed by atoms with van der Waals surface area (Å²) in [6, 6.07) is 1.43. The second-order valence-corrected chi connectivity index (χ2v) is 6.95. The van der Waals surface area contributed by atoms with Gasteiger partial charge < -0.3 is 10.2 Å². The number of piperidine rings is 1. The predicted octanol–water partition coefficient (Wildman–Crippen LogP) is 2.18. The van der Waals surface area contributed by atoms with Crippen LogP contribution < -0.4 is 5.32 Å². The fourth-order valence-electron chi connectivity index (χ4n) is 2.69. The molecule has 0 spiro atoms. The van der Waals surface area contributed by atoms with Crippen LogP contribution in [-0.4, -0.2) is 61.2 Å². The first-order chi connectivity index (χ1) is 8.33. The van der Waals surface area contributed by atoms with Crippen molar-refractivity contribution in [3.05, 3.63) is 0 Å². The van der Waals surface area contributed by atoms with Crippen molar-refractivity contribution in [3.8, 4) is 0 Å². The third-order valence-corrected chi connectivity index (χ3v) is 4.01. The molecule has 3 heteroatoms. The molecule has 18 heavy (non-hydrogen) atoms. The van der Waals surface area contributed by atoms with Crippen LogP contribution in [0.1, 0.15) is 47.0 Å². The summed E-state index contributed by atoms with van der Waals surface area (Å²) in [5.74, 6) is 0. The molecule has 1 aliphatic rings. The van der Waals surface area contributed by atoms with Crippen LogP contribution in [0.3, 0.4) is 0 Å². The zero-order valence-corrected chi connectivity index (χ0v) is 13.3. The summed E-state index contributed by atoms with van der Waals surface area (Å²) < 4.78 is 0. The van der Waals surface area contributed by atoms with Gasteiger partial charge in [0.25, 0.3) is 0 Å². The van der Waals surface area contributed by atoms with Gasteiger partial charge in [-0.15, -0.1) is 0 Å². The van der Waals surface area contributed by atoms with E-state index in [9.17, 15) is 0 Å². The van der Waals surface area contributed by atoms with E-state index >= 15 is 0 Å². The normalized spacial score (nSPS) is 24.5. The van der Waals surface area contributed by atoms with E-state index in [4.69, 9.17) is 0 Å². The lowest BCUT2D eigenvalue weighted by Crippen LogP contribution is -2.53. The maximum atomic E-state index is 3.66. The standard InChI is InChI=1S/C15H33N3/c1-7-13(11-16-15(2,3)4)18-10-8-9-14(12-18)17(5)6/h13-14,16H,7-12H2,1-6H3. The van der Waals surface area contributed by atoms with E-state index in [2.05, 4.69) is 56.9 Å². The quantitative estimate of drug-likeness (QED) is 0.812. The van der Waals surface area contributed by atoms with Crippen LogP contribution in [0.25, 0.3) is 0 Å². The molecule has 0 aromatic heterocycles. The first-order valence-corrected chi connectivity index (χ1v) is 7.49. The van der Waals surface area contributed by atoms with Gasteiger partial charge in [0.15, 0.2) is 0 Å². The van der Waals surface area contributed by atoms with Gasteiger partial charge in [0.1, 0.15) is 0 Å². The topological polar surface area (TPSA) is 18.5 Å². The van der Waals surface area contributed by atoms with Crippen LogP contribution in [0.2, 0.25) is 0 Å². The lowest BCUT2D eigenvalue weighted by Gasteiger charge is -2.41. The molecule has 0 saturated carbocycles. The predicted molar refractivity (Wildman–Crippen MR) is 80.1 cm³/mol. The summed E-state index contributed by atoms with van der Waals surface area (Å²) in [5.41, 5.74) is 0.226. The Hall–Kier alpha value is -0.120. The molecule has 1 saturated heterocycles. The summed E-state index contributed by atoms with van der Waals surface area (Å²) in [6.07, 6.45) is 3.94. The van der Waals surface area contributed by atoms with Crippen LogP contribution in [0.5, 0.6) is 0 Å². The average Bonchev–Trinajstić information content (AvgIpc) is 2.28. The molecule has 1 N–H and O–H groups in total. The molecule has 0 bridgehead atoms. The summed E-state index contributed by atoms with van der Waals surface area (Å²) in [5, 5.41) is 3.66. The summed E-state index contributed by atoms with van der Waals surface area (Å²) in [4.78, 5) is 5.07. The van der Waals surface area contributed by atoms with Gasteiger partial charge in [0.2, 0.25) is 0 Å². The van der Waals surface area contributed by atoms with Crippen molar-refractivity contribution in [3.63, 3.8) is 0 Å². The van der Waals surface area contributed by atoms with Crippen LogP contribution in [0, 0.1) is 0 Å². The van der Waals surface area contributed by atoms with E-state index in [-0.39, 0.29) is 5.54 Å².